The summed E-state index contributed by atoms with van der Waals surface area (Å²) < 4.78 is 5.03. The molecule has 1 saturated heterocycles. The lowest BCUT2D eigenvalue weighted by Gasteiger charge is -2.50. The van der Waals surface area contributed by atoms with Gasteiger partial charge in [-0.15, -0.1) is 0 Å². The highest BCUT2D eigenvalue weighted by Crippen LogP contribution is 2.40. The summed E-state index contributed by atoms with van der Waals surface area (Å²) in [5.41, 5.74) is 1.73. The molecule has 0 spiro atoms. The SMILES string of the molecule is CNC(=O)c1cc(Cl)ncc1NC(=O)C1(c2ccccc2C(C)C)CN(C[C@H](O)COC)C1. The highest BCUT2D eigenvalue weighted by atomic mass is 35.5. The van der Waals surface area contributed by atoms with Crippen LogP contribution in [0.3, 0.4) is 0 Å². The van der Waals surface area contributed by atoms with E-state index in [1.165, 1.54) is 19.3 Å². The molecular formula is C24H31ClN4O4. The van der Waals surface area contributed by atoms with Crippen LogP contribution in [-0.4, -0.2) is 73.3 Å². The number of hydrogen-bond donors (Lipinski definition) is 3. The lowest BCUT2D eigenvalue weighted by Crippen LogP contribution is -2.66. The van der Waals surface area contributed by atoms with Crippen molar-refractivity contribution in [3.05, 3.63) is 58.4 Å². The maximum Gasteiger partial charge on any atom is 0.253 e. The van der Waals surface area contributed by atoms with Gasteiger partial charge in [0.05, 0.1) is 35.6 Å². The predicted octanol–water partition coefficient (Wildman–Crippen LogP) is 2.42. The number of aliphatic hydroxyl groups excluding tert-OH is 1. The van der Waals surface area contributed by atoms with E-state index < -0.39 is 11.5 Å². The molecule has 1 fully saturated rings. The number of β-amino-alcohol motifs (C(OH)–C–C–N with tert-alkyl or cyclic N) is 1. The van der Waals surface area contributed by atoms with Crippen LogP contribution in [0.5, 0.6) is 0 Å². The van der Waals surface area contributed by atoms with E-state index >= 15 is 0 Å². The quantitative estimate of drug-likeness (QED) is 0.482. The molecule has 0 unspecified atom stereocenters. The lowest BCUT2D eigenvalue weighted by molar-refractivity contribution is -0.129. The van der Waals surface area contributed by atoms with Gasteiger partial charge in [0, 0.05) is 33.8 Å². The number of likely N-dealkylation sites (tertiary alicyclic amines) is 1. The van der Waals surface area contributed by atoms with Gasteiger partial charge in [-0.1, -0.05) is 49.7 Å². The van der Waals surface area contributed by atoms with Gasteiger partial charge in [0.25, 0.3) is 5.91 Å². The van der Waals surface area contributed by atoms with Crippen molar-refractivity contribution in [3.8, 4) is 0 Å². The molecule has 0 bridgehead atoms. The summed E-state index contributed by atoms with van der Waals surface area (Å²) in [6, 6.07) is 9.35. The van der Waals surface area contributed by atoms with E-state index in [0.29, 0.717) is 25.3 Å². The van der Waals surface area contributed by atoms with Crippen molar-refractivity contribution in [2.75, 3.05) is 45.7 Å². The number of carbonyl (C=O) groups excluding carboxylic acids is 2. The van der Waals surface area contributed by atoms with Crippen LogP contribution in [0.2, 0.25) is 5.15 Å². The van der Waals surface area contributed by atoms with Crippen LogP contribution in [-0.2, 0) is 14.9 Å². The zero-order valence-corrected chi connectivity index (χ0v) is 20.1. The Hall–Kier alpha value is -2.52. The number of anilines is 1. The molecule has 3 N–H and O–H groups in total. The second kappa shape index (κ2) is 10.6. The number of pyridine rings is 1. The van der Waals surface area contributed by atoms with Gasteiger partial charge in [-0.05, 0) is 23.1 Å². The number of nitrogens with zero attached hydrogens (tertiary/aromatic N) is 2. The molecule has 1 aliphatic rings. The van der Waals surface area contributed by atoms with Crippen molar-refractivity contribution in [1.29, 1.82) is 0 Å². The zero-order valence-electron chi connectivity index (χ0n) is 19.4. The molecule has 0 saturated carbocycles. The fraction of sp³-hybridized carbons (Fsp3) is 0.458. The topological polar surface area (TPSA) is 104 Å². The Bertz CT molecular complexity index is 1010. The summed E-state index contributed by atoms with van der Waals surface area (Å²) in [7, 11) is 3.05. The second-order valence-electron chi connectivity index (χ2n) is 8.69. The molecule has 0 radical (unpaired) electrons. The normalized spacial score (nSPS) is 16.2. The van der Waals surface area contributed by atoms with Crippen molar-refractivity contribution >= 4 is 29.1 Å². The van der Waals surface area contributed by atoms with E-state index in [1.54, 1.807) is 7.11 Å². The van der Waals surface area contributed by atoms with Gasteiger partial charge in [-0.2, -0.15) is 0 Å². The Balaban J connectivity index is 1.95. The number of methoxy groups -OCH3 is 1. The van der Waals surface area contributed by atoms with Gasteiger partial charge in [-0.3, -0.25) is 14.5 Å². The fourth-order valence-corrected chi connectivity index (χ4v) is 4.51. The Morgan fingerprint density at radius 1 is 1.30 bits per heavy atom. The second-order valence-corrected chi connectivity index (χ2v) is 9.08. The Labute approximate surface area is 199 Å². The van der Waals surface area contributed by atoms with Crippen LogP contribution in [0.4, 0.5) is 5.69 Å². The first-order chi connectivity index (χ1) is 15.7. The average molecular weight is 475 g/mol. The molecule has 1 aromatic carbocycles. The lowest BCUT2D eigenvalue weighted by atomic mass is 9.69. The average Bonchev–Trinajstić information content (AvgIpc) is 2.76. The molecule has 1 aromatic heterocycles. The third-order valence-electron chi connectivity index (χ3n) is 5.94. The molecular weight excluding hydrogens is 444 g/mol. The molecule has 178 valence electrons. The van der Waals surface area contributed by atoms with Gasteiger partial charge in [0.15, 0.2) is 0 Å². The van der Waals surface area contributed by atoms with Crippen LogP contribution in [0.25, 0.3) is 0 Å². The summed E-state index contributed by atoms with van der Waals surface area (Å²) in [4.78, 5) is 32.2. The third-order valence-corrected chi connectivity index (χ3v) is 6.15. The van der Waals surface area contributed by atoms with Crippen molar-refractivity contribution in [2.45, 2.75) is 31.3 Å². The number of benzene rings is 1. The number of nitrogens with one attached hydrogen (secondary N) is 2. The van der Waals surface area contributed by atoms with Crippen LogP contribution < -0.4 is 10.6 Å². The van der Waals surface area contributed by atoms with Gasteiger partial charge in [0.1, 0.15) is 5.15 Å². The Morgan fingerprint density at radius 2 is 2.00 bits per heavy atom. The van der Waals surface area contributed by atoms with E-state index in [2.05, 4.69) is 29.5 Å². The van der Waals surface area contributed by atoms with Crippen LogP contribution in [0.1, 0.15) is 41.3 Å². The van der Waals surface area contributed by atoms with Gasteiger partial charge < -0.3 is 20.5 Å². The van der Waals surface area contributed by atoms with Crippen molar-refractivity contribution in [3.63, 3.8) is 0 Å². The smallest absolute Gasteiger partial charge is 0.253 e. The summed E-state index contributed by atoms with van der Waals surface area (Å²) in [6.45, 7) is 5.67. The minimum Gasteiger partial charge on any atom is -0.389 e. The summed E-state index contributed by atoms with van der Waals surface area (Å²) >= 11 is 5.98. The van der Waals surface area contributed by atoms with Crippen LogP contribution in [0.15, 0.2) is 36.5 Å². The fourth-order valence-electron chi connectivity index (χ4n) is 4.36. The predicted molar refractivity (Wildman–Crippen MR) is 128 cm³/mol. The first-order valence-electron chi connectivity index (χ1n) is 10.9. The number of aromatic nitrogens is 1. The number of carbonyl (C=O) groups is 2. The summed E-state index contributed by atoms with van der Waals surface area (Å²) in [6.07, 6.45) is 0.753. The van der Waals surface area contributed by atoms with Gasteiger partial charge in [0.2, 0.25) is 5.91 Å². The van der Waals surface area contributed by atoms with Gasteiger partial charge in [-0.25, -0.2) is 4.98 Å². The summed E-state index contributed by atoms with van der Waals surface area (Å²) in [5, 5.41) is 15.8. The molecule has 9 heteroatoms. The maximum atomic E-state index is 13.8. The van der Waals surface area contributed by atoms with E-state index in [1.807, 2.05) is 29.2 Å². The van der Waals surface area contributed by atoms with E-state index in [0.717, 1.165) is 11.1 Å². The van der Waals surface area contributed by atoms with Crippen LogP contribution >= 0.6 is 11.6 Å². The molecule has 0 aliphatic carbocycles. The number of ether oxygens (including phenoxy) is 1. The molecule has 8 nitrogen and oxygen atoms in total. The number of halogens is 1. The molecule has 33 heavy (non-hydrogen) atoms. The van der Waals surface area contributed by atoms with Crippen molar-refractivity contribution in [1.82, 2.24) is 15.2 Å². The van der Waals surface area contributed by atoms with Crippen molar-refractivity contribution in [2.24, 2.45) is 0 Å². The molecule has 2 heterocycles. The largest absolute Gasteiger partial charge is 0.389 e. The first kappa shape index (κ1) is 25.1. The number of amides is 2. The highest BCUT2D eigenvalue weighted by Gasteiger charge is 2.52. The molecule has 2 aromatic rings. The highest BCUT2D eigenvalue weighted by molar-refractivity contribution is 6.30. The monoisotopic (exact) mass is 474 g/mol. The first-order valence-corrected chi connectivity index (χ1v) is 11.3. The minimum atomic E-state index is -0.840. The molecule has 3 rings (SSSR count). The Kier molecular flexibility index (Phi) is 8.07. The molecule has 1 aliphatic heterocycles. The Morgan fingerprint density at radius 3 is 2.64 bits per heavy atom. The van der Waals surface area contributed by atoms with Crippen molar-refractivity contribution < 1.29 is 19.4 Å². The van der Waals surface area contributed by atoms with E-state index in [-0.39, 0.29) is 35.1 Å². The molecule has 1 atom stereocenters. The molecule has 2 amide bonds. The number of hydrogen-bond acceptors (Lipinski definition) is 6. The summed E-state index contributed by atoms with van der Waals surface area (Å²) in [5.74, 6) is -0.385. The van der Waals surface area contributed by atoms with E-state index in [9.17, 15) is 14.7 Å². The number of aliphatic hydroxyl groups is 1. The van der Waals surface area contributed by atoms with Gasteiger partial charge >= 0.3 is 0 Å². The number of rotatable bonds is 9. The van der Waals surface area contributed by atoms with Crippen LogP contribution in [0, 0.1) is 0 Å². The minimum absolute atomic E-state index is 0.161. The zero-order chi connectivity index (χ0) is 24.2. The standard InChI is InChI=1S/C24H31ClN4O4/c1-15(2)17-7-5-6-8-19(17)24(13-29(14-24)11-16(30)12-33-4)23(32)28-20-10-27-21(25)9-18(20)22(31)26-3/h5-10,15-16,30H,11-14H2,1-4H3,(H,26,31)(H,28,32)/t16-/m0/s1. The third kappa shape index (κ3) is 5.35. The van der Waals surface area contributed by atoms with E-state index in [4.69, 9.17) is 16.3 Å². The maximum absolute atomic E-state index is 13.8.